The number of benzene rings is 3. The van der Waals surface area contributed by atoms with E-state index in [-0.39, 0.29) is 12.0 Å². The lowest BCUT2D eigenvalue weighted by Crippen LogP contribution is -2.48. The van der Waals surface area contributed by atoms with Crippen molar-refractivity contribution in [2.75, 3.05) is 44.3 Å². The molecule has 3 aromatic rings. The number of carbonyl (C=O) groups excluding carboxylic acids is 1. The molecular weight excluding hydrogens is 563 g/mol. The first-order chi connectivity index (χ1) is 19.8. The molecule has 1 saturated carbocycles. The van der Waals surface area contributed by atoms with Gasteiger partial charge in [0.2, 0.25) is 0 Å². The second-order valence-corrected chi connectivity index (χ2v) is 11.6. The Morgan fingerprint density at radius 3 is 2.56 bits per heavy atom. The smallest absolute Gasteiger partial charge is 0.254 e. The lowest BCUT2D eigenvalue weighted by atomic mass is 10.1. The van der Waals surface area contributed by atoms with Crippen molar-refractivity contribution in [3.05, 3.63) is 101 Å². The van der Waals surface area contributed by atoms with Crippen LogP contribution in [0.15, 0.2) is 79.4 Å². The van der Waals surface area contributed by atoms with Gasteiger partial charge in [0.15, 0.2) is 5.79 Å². The highest BCUT2D eigenvalue weighted by atomic mass is 35.5. The summed E-state index contributed by atoms with van der Waals surface area (Å²) in [5.74, 6) is 0.517. The van der Waals surface area contributed by atoms with E-state index < -0.39 is 11.4 Å². The van der Waals surface area contributed by atoms with Crippen LogP contribution in [0.2, 0.25) is 10.0 Å². The average molecular weight is 596 g/mol. The Balaban J connectivity index is 1.01. The molecule has 2 heterocycles. The normalized spacial score (nSPS) is 25.3. The molecule has 0 aromatic heterocycles. The van der Waals surface area contributed by atoms with Crippen LogP contribution in [0.5, 0.6) is 11.5 Å². The molecule has 214 valence electrons. The van der Waals surface area contributed by atoms with Crippen molar-refractivity contribution < 1.29 is 23.7 Å². The maximum absolute atomic E-state index is 13.1. The molecule has 3 aromatic carbocycles. The van der Waals surface area contributed by atoms with Gasteiger partial charge >= 0.3 is 0 Å². The molecular formula is C32H32Cl2N2O5. The highest BCUT2D eigenvalue weighted by Gasteiger charge is 2.66. The zero-order valence-corrected chi connectivity index (χ0v) is 24.4. The van der Waals surface area contributed by atoms with Crippen LogP contribution in [0.3, 0.4) is 0 Å². The molecule has 0 bridgehead atoms. The quantitative estimate of drug-likeness (QED) is 0.284. The number of halogens is 2. The van der Waals surface area contributed by atoms with Crippen LogP contribution >= 0.6 is 23.2 Å². The van der Waals surface area contributed by atoms with Gasteiger partial charge in [0, 0.05) is 54.4 Å². The van der Waals surface area contributed by atoms with Crippen molar-refractivity contribution in [1.29, 1.82) is 0 Å². The van der Waals surface area contributed by atoms with Crippen molar-refractivity contribution in [3.63, 3.8) is 0 Å². The van der Waals surface area contributed by atoms with Gasteiger partial charge in [0.1, 0.15) is 29.8 Å². The van der Waals surface area contributed by atoms with E-state index in [2.05, 4.69) is 23.6 Å². The molecule has 2 aliphatic heterocycles. The van der Waals surface area contributed by atoms with E-state index in [1.54, 1.807) is 24.3 Å². The van der Waals surface area contributed by atoms with Crippen LogP contribution in [-0.4, -0.2) is 61.9 Å². The van der Waals surface area contributed by atoms with Gasteiger partial charge in [0.05, 0.1) is 11.6 Å². The molecule has 3 aliphatic rings. The zero-order valence-electron chi connectivity index (χ0n) is 22.9. The van der Waals surface area contributed by atoms with E-state index in [1.165, 1.54) is 0 Å². The van der Waals surface area contributed by atoms with Gasteiger partial charge in [-0.2, -0.15) is 0 Å². The van der Waals surface area contributed by atoms with Gasteiger partial charge in [-0.05, 0) is 61.5 Å². The fourth-order valence-electron chi connectivity index (χ4n) is 5.48. The number of carbonyl (C=O) groups is 1. The molecule has 3 atom stereocenters. The Bertz CT molecular complexity index is 1440. The van der Waals surface area contributed by atoms with E-state index in [0.717, 1.165) is 36.5 Å². The number of hydrogen-bond donors (Lipinski definition) is 0. The first-order valence-electron chi connectivity index (χ1n) is 13.7. The fraction of sp³-hybridized carbons (Fsp3) is 0.344. The third-order valence-electron chi connectivity index (χ3n) is 7.86. The number of anilines is 1. The predicted molar refractivity (Wildman–Crippen MR) is 159 cm³/mol. The average Bonchev–Trinajstić information content (AvgIpc) is 3.52. The van der Waals surface area contributed by atoms with Crippen LogP contribution in [0.1, 0.15) is 29.3 Å². The Morgan fingerprint density at radius 1 is 1.05 bits per heavy atom. The summed E-state index contributed by atoms with van der Waals surface area (Å²) in [5, 5.41) is 1.08. The molecule has 0 unspecified atom stereocenters. The minimum absolute atomic E-state index is 0.0170. The topological polar surface area (TPSA) is 60.5 Å². The molecule has 41 heavy (non-hydrogen) atoms. The number of ether oxygens (including phenoxy) is 4. The number of hydrogen-bond acceptors (Lipinski definition) is 6. The van der Waals surface area contributed by atoms with Crippen molar-refractivity contribution in [2.24, 2.45) is 0 Å². The van der Waals surface area contributed by atoms with Crippen molar-refractivity contribution in [2.45, 2.75) is 30.8 Å². The van der Waals surface area contributed by atoms with Crippen LogP contribution in [0.25, 0.3) is 0 Å². The van der Waals surface area contributed by atoms with E-state index >= 15 is 0 Å². The van der Waals surface area contributed by atoms with Crippen molar-refractivity contribution in [1.82, 2.24) is 4.90 Å². The third kappa shape index (κ3) is 5.77. The molecule has 1 spiro atoms. The summed E-state index contributed by atoms with van der Waals surface area (Å²) in [7, 11) is 0. The Kier molecular flexibility index (Phi) is 7.64. The monoisotopic (exact) mass is 594 g/mol. The maximum atomic E-state index is 13.1. The molecule has 0 N–H and O–H groups in total. The minimum Gasteiger partial charge on any atom is -0.490 e. The fourth-order valence-corrected chi connectivity index (χ4v) is 6.06. The molecule has 1 amide bonds. The summed E-state index contributed by atoms with van der Waals surface area (Å²) >= 11 is 12.5. The molecule has 2 saturated heterocycles. The number of nitrogens with zero attached hydrogens (tertiary/aromatic N) is 2. The summed E-state index contributed by atoms with van der Waals surface area (Å²) in [6, 6.07) is 20.7. The molecule has 3 fully saturated rings. The summed E-state index contributed by atoms with van der Waals surface area (Å²) in [6.45, 7) is 9.17. The lowest BCUT2D eigenvalue weighted by Gasteiger charge is -2.36. The minimum atomic E-state index is -0.949. The summed E-state index contributed by atoms with van der Waals surface area (Å²) in [5.41, 5.74) is 1.99. The van der Waals surface area contributed by atoms with Crippen LogP contribution in [-0.2, 0) is 15.3 Å². The van der Waals surface area contributed by atoms with Gasteiger partial charge in [-0.25, -0.2) is 0 Å². The highest BCUT2D eigenvalue weighted by molar-refractivity contribution is 6.35. The van der Waals surface area contributed by atoms with Gasteiger partial charge in [-0.15, -0.1) is 0 Å². The first kappa shape index (κ1) is 27.9. The van der Waals surface area contributed by atoms with Crippen LogP contribution in [0, 0.1) is 0 Å². The second-order valence-electron chi connectivity index (χ2n) is 10.7. The van der Waals surface area contributed by atoms with E-state index in [4.69, 9.17) is 42.1 Å². The zero-order chi connectivity index (χ0) is 28.6. The Labute approximate surface area is 250 Å². The van der Waals surface area contributed by atoms with Gasteiger partial charge in [-0.3, -0.25) is 4.79 Å². The summed E-state index contributed by atoms with van der Waals surface area (Å²) < 4.78 is 24.4. The molecule has 1 aliphatic carbocycles. The third-order valence-corrected chi connectivity index (χ3v) is 8.41. The summed E-state index contributed by atoms with van der Waals surface area (Å²) in [6.07, 6.45) is 2.33. The van der Waals surface area contributed by atoms with Crippen LogP contribution < -0.4 is 14.4 Å². The molecule has 9 heteroatoms. The standard InChI is InChI=1S/C32H32Cl2N2O5/c1-3-17-38-26-6-4-5-22(18-26)30(37)36-15-13-35(14-16-36)24-8-10-25(11-9-24)40-29-20-32(29)21-39-31(2,41-32)27-12-7-23(33)19-28(27)34/h3-12,18-19,29H,1,13-17,20-21H2,2H3/t29-,31-,32+/m0/s1. The van der Waals surface area contributed by atoms with Crippen molar-refractivity contribution in [3.8, 4) is 11.5 Å². The maximum Gasteiger partial charge on any atom is 0.254 e. The molecule has 0 radical (unpaired) electrons. The molecule has 6 rings (SSSR count). The number of piperazine rings is 1. The largest absolute Gasteiger partial charge is 0.490 e. The predicted octanol–water partition coefficient (Wildman–Crippen LogP) is 6.33. The Hall–Kier alpha value is -3.23. The summed E-state index contributed by atoms with van der Waals surface area (Å²) in [4.78, 5) is 17.2. The second kappa shape index (κ2) is 11.2. The van der Waals surface area contributed by atoms with Gasteiger partial charge in [-0.1, -0.05) is 48.0 Å². The van der Waals surface area contributed by atoms with Gasteiger partial charge in [0.25, 0.3) is 5.91 Å². The number of rotatable bonds is 8. The lowest BCUT2D eigenvalue weighted by molar-refractivity contribution is -0.169. The SMILES string of the molecule is C=CCOc1cccc(C(=O)N2CCN(c3ccc(O[C@H]4C[C@@]45CO[C@](C)(c4ccc(Cl)cc4Cl)O5)cc3)CC2)c1. The van der Waals surface area contributed by atoms with E-state index in [9.17, 15) is 4.79 Å². The highest BCUT2D eigenvalue weighted by Crippen LogP contribution is 2.54. The van der Waals surface area contributed by atoms with Gasteiger partial charge < -0.3 is 28.7 Å². The molecule has 7 nitrogen and oxygen atoms in total. The Morgan fingerprint density at radius 2 is 1.83 bits per heavy atom. The van der Waals surface area contributed by atoms with E-state index in [1.807, 2.05) is 48.2 Å². The van der Waals surface area contributed by atoms with Crippen LogP contribution in [0.4, 0.5) is 5.69 Å². The van der Waals surface area contributed by atoms with Crippen molar-refractivity contribution >= 4 is 34.8 Å². The first-order valence-corrected chi connectivity index (χ1v) is 14.5. The number of amides is 1. The van der Waals surface area contributed by atoms with E-state index in [0.29, 0.717) is 47.7 Å².